The molecular weight excluding hydrogens is 281 g/mol. The van der Waals surface area contributed by atoms with Gasteiger partial charge in [-0.3, -0.25) is 4.90 Å². The van der Waals surface area contributed by atoms with Crippen LogP contribution < -0.4 is 0 Å². The van der Waals surface area contributed by atoms with E-state index in [0.29, 0.717) is 5.76 Å². The van der Waals surface area contributed by atoms with Gasteiger partial charge in [0.05, 0.1) is 0 Å². The Bertz CT molecular complexity index is 250. The average Bonchev–Trinajstić information content (AvgIpc) is 2.84. The Balaban J connectivity index is 2.07. The van der Waals surface area contributed by atoms with Crippen molar-refractivity contribution in [3.05, 3.63) is 11.8 Å². The molecule has 0 radical (unpaired) electrons. The molecular formula is C9H14INO2. The summed E-state index contributed by atoms with van der Waals surface area (Å²) in [6, 6.07) is 0. The predicted octanol–water partition coefficient (Wildman–Crippen LogP) is 1.77. The van der Waals surface area contributed by atoms with Gasteiger partial charge in [0.15, 0.2) is 0 Å². The van der Waals surface area contributed by atoms with Crippen molar-refractivity contribution in [1.82, 2.24) is 4.90 Å². The van der Waals surface area contributed by atoms with E-state index in [2.05, 4.69) is 22.6 Å². The van der Waals surface area contributed by atoms with Gasteiger partial charge in [-0.25, -0.2) is 0 Å². The maximum absolute atomic E-state index is 9.58. The monoisotopic (exact) mass is 295 g/mol. The standard InChI is InChI=1S/C9H14INO2/c1-2-6(12)8(10)11-7(13)5-9(11)3-4-9/h2,7-8,12-13H,3-5H2,1H3/b6-2-. The van der Waals surface area contributed by atoms with E-state index < -0.39 is 0 Å². The number of allylic oxidation sites excluding steroid dienone is 1. The van der Waals surface area contributed by atoms with Gasteiger partial charge in [0.1, 0.15) is 16.0 Å². The van der Waals surface area contributed by atoms with Gasteiger partial charge in [0.2, 0.25) is 0 Å². The van der Waals surface area contributed by atoms with Gasteiger partial charge in [-0.05, 0) is 25.8 Å². The third-order valence-electron chi connectivity index (χ3n) is 3.04. The van der Waals surface area contributed by atoms with Crippen LogP contribution in [0.25, 0.3) is 0 Å². The van der Waals surface area contributed by atoms with E-state index in [4.69, 9.17) is 0 Å². The van der Waals surface area contributed by atoms with E-state index in [1.165, 1.54) is 12.8 Å². The fourth-order valence-corrected chi connectivity index (χ4v) is 3.35. The number of rotatable bonds is 2. The molecule has 0 amide bonds. The number of likely N-dealkylation sites (tertiary alicyclic amines) is 1. The van der Waals surface area contributed by atoms with Crippen LogP contribution in [-0.2, 0) is 0 Å². The lowest BCUT2D eigenvalue weighted by molar-refractivity contribution is -0.135. The summed E-state index contributed by atoms with van der Waals surface area (Å²) in [7, 11) is 0. The van der Waals surface area contributed by atoms with E-state index in [-0.39, 0.29) is 15.8 Å². The quantitative estimate of drug-likeness (QED) is 0.353. The van der Waals surface area contributed by atoms with E-state index in [1.54, 1.807) is 6.08 Å². The van der Waals surface area contributed by atoms with Crippen LogP contribution in [0.15, 0.2) is 11.8 Å². The van der Waals surface area contributed by atoms with Crippen LogP contribution in [0.4, 0.5) is 0 Å². The molecule has 0 aromatic rings. The Kier molecular flexibility index (Phi) is 2.32. The lowest BCUT2D eigenvalue weighted by atomic mass is 9.98. The summed E-state index contributed by atoms with van der Waals surface area (Å²) < 4.78 is -0.0613. The van der Waals surface area contributed by atoms with Crippen LogP contribution in [-0.4, -0.2) is 30.9 Å². The molecule has 2 unspecified atom stereocenters. The van der Waals surface area contributed by atoms with E-state index in [1.807, 2.05) is 11.8 Å². The number of nitrogens with zero attached hydrogens (tertiary/aromatic N) is 1. The molecule has 1 saturated carbocycles. The smallest absolute Gasteiger partial charge is 0.122 e. The fourth-order valence-electron chi connectivity index (χ4n) is 2.03. The van der Waals surface area contributed by atoms with Crippen LogP contribution in [0, 0.1) is 0 Å². The Morgan fingerprint density at radius 1 is 1.69 bits per heavy atom. The van der Waals surface area contributed by atoms with Crippen molar-refractivity contribution in [2.45, 2.75) is 42.0 Å². The molecule has 2 rings (SSSR count). The Morgan fingerprint density at radius 2 is 2.31 bits per heavy atom. The van der Waals surface area contributed by atoms with Crippen LogP contribution in [0.5, 0.6) is 0 Å². The second-order valence-corrected chi connectivity index (χ2v) is 5.05. The molecule has 4 heteroatoms. The molecule has 1 heterocycles. The van der Waals surface area contributed by atoms with E-state index >= 15 is 0 Å². The first-order valence-corrected chi connectivity index (χ1v) is 5.81. The van der Waals surface area contributed by atoms with Gasteiger partial charge in [-0.2, -0.15) is 0 Å². The molecule has 3 nitrogen and oxygen atoms in total. The fraction of sp³-hybridized carbons (Fsp3) is 0.778. The van der Waals surface area contributed by atoms with Crippen molar-refractivity contribution < 1.29 is 10.2 Å². The van der Waals surface area contributed by atoms with E-state index in [9.17, 15) is 10.2 Å². The molecule has 1 spiro atoms. The van der Waals surface area contributed by atoms with Crippen molar-refractivity contribution in [3.63, 3.8) is 0 Å². The maximum Gasteiger partial charge on any atom is 0.122 e. The van der Waals surface area contributed by atoms with Crippen molar-refractivity contribution in [2.75, 3.05) is 0 Å². The van der Waals surface area contributed by atoms with Gasteiger partial charge in [-0.15, -0.1) is 0 Å². The molecule has 0 aromatic heterocycles. The number of halogens is 1. The highest BCUT2D eigenvalue weighted by Gasteiger charge is 2.61. The second-order valence-electron chi connectivity index (χ2n) is 3.87. The lowest BCUT2D eigenvalue weighted by Gasteiger charge is -2.49. The van der Waals surface area contributed by atoms with Gasteiger partial charge in [0, 0.05) is 12.0 Å². The molecule has 0 aromatic carbocycles. The zero-order valence-corrected chi connectivity index (χ0v) is 9.73. The summed E-state index contributed by atoms with van der Waals surface area (Å²) in [5.41, 5.74) is 0.238. The number of hydrogen-bond donors (Lipinski definition) is 2. The Morgan fingerprint density at radius 3 is 2.69 bits per heavy atom. The normalized spacial score (nSPS) is 34.4. The first kappa shape index (κ1) is 9.73. The third kappa shape index (κ3) is 1.39. The van der Waals surface area contributed by atoms with Gasteiger partial charge in [-0.1, -0.05) is 22.6 Å². The molecule has 1 saturated heterocycles. The topological polar surface area (TPSA) is 43.7 Å². The summed E-state index contributed by atoms with van der Waals surface area (Å²) in [6.07, 6.45) is 4.55. The van der Waals surface area contributed by atoms with Gasteiger partial charge in [0.25, 0.3) is 0 Å². The summed E-state index contributed by atoms with van der Waals surface area (Å²) in [6.45, 7) is 1.81. The molecule has 74 valence electrons. The first-order chi connectivity index (χ1) is 6.10. The molecule has 13 heavy (non-hydrogen) atoms. The minimum atomic E-state index is -0.355. The summed E-state index contributed by atoms with van der Waals surface area (Å²) in [5, 5.41) is 19.1. The van der Waals surface area contributed by atoms with Crippen molar-refractivity contribution in [3.8, 4) is 0 Å². The van der Waals surface area contributed by atoms with Crippen molar-refractivity contribution in [1.29, 1.82) is 0 Å². The molecule has 2 atom stereocenters. The SMILES string of the molecule is C/C=C(\O)C(I)N1C(O)CC12CC2. The zero-order chi connectivity index (χ0) is 9.64. The molecule has 1 aliphatic carbocycles. The summed E-state index contributed by atoms with van der Waals surface area (Å²) in [5.74, 6) is 0.352. The molecule has 2 aliphatic rings. The second kappa shape index (κ2) is 3.10. The molecule has 2 fully saturated rings. The number of alkyl halides is 1. The van der Waals surface area contributed by atoms with Crippen LogP contribution >= 0.6 is 22.6 Å². The summed E-state index contributed by atoms with van der Waals surface area (Å²) in [4.78, 5) is 2.02. The zero-order valence-electron chi connectivity index (χ0n) is 7.57. The maximum atomic E-state index is 9.58. The van der Waals surface area contributed by atoms with Gasteiger partial charge >= 0.3 is 0 Å². The highest BCUT2D eigenvalue weighted by atomic mass is 127. The largest absolute Gasteiger partial charge is 0.510 e. The minimum absolute atomic E-state index is 0.0613. The number of aliphatic hydroxyl groups is 2. The van der Waals surface area contributed by atoms with E-state index in [0.717, 1.165) is 6.42 Å². The number of hydrogen-bond acceptors (Lipinski definition) is 3. The molecule has 2 N–H and O–H groups in total. The molecule has 0 bridgehead atoms. The van der Waals surface area contributed by atoms with Crippen molar-refractivity contribution in [2.24, 2.45) is 0 Å². The Labute approximate surface area is 91.6 Å². The van der Waals surface area contributed by atoms with Crippen LogP contribution in [0.3, 0.4) is 0 Å². The minimum Gasteiger partial charge on any atom is -0.510 e. The lowest BCUT2D eigenvalue weighted by Crippen LogP contribution is -2.61. The van der Waals surface area contributed by atoms with Crippen molar-refractivity contribution >= 4 is 22.6 Å². The van der Waals surface area contributed by atoms with Gasteiger partial charge < -0.3 is 10.2 Å². The average molecular weight is 295 g/mol. The van der Waals surface area contributed by atoms with Crippen LogP contribution in [0.2, 0.25) is 0 Å². The highest BCUT2D eigenvalue weighted by molar-refractivity contribution is 14.1. The number of aliphatic hydroxyl groups excluding tert-OH is 2. The predicted molar refractivity (Wildman–Crippen MR) is 58.6 cm³/mol. The third-order valence-corrected chi connectivity index (χ3v) is 4.28. The first-order valence-electron chi connectivity index (χ1n) is 4.56. The van der Waals surface area contributed by atoms with Crippen LogP contribution in [0.1, 0.15) is 26.2 Å². The highest BCUT2D eigenvalue weighted by Crippen LogP contribution is 2.56. The Hall–Kier alpha value is 0.190. The summed E-state index contributed by atoms with van der Waals surface area (Å²) >= 11 is 2.17. The molecule has 1 aliphatic heterocycles.